The van der Waals surface area contributed by atoms with Gasteiger partial charge in [-0.2, -0.15) is 0 Å². The molecule has 26 heavy (non-hydrogen) atoms. The average Bonchev–Trinajstić information content (AvgIpc) is 2.55. The highest BCUT2D eigenvalue weighted by Crippen LogP contribution is 2.24. The predicted molar refractivity (Wildman–Crippen MR) is 100.0 cm³/mol. The SMILES string of the molecule is C[C@H](C(=O)Nc1cccc([N+](=O)[O-])c1)N(c1ccc(Cl)cc1)S(C)(=O)=O. The van der Waals surface area contributed by atoms with Gasteiger partial charge in [0.2, 0.25) is 15.9 Å². The Morgan fingerprint density at radius 2 is 1.85 bits per heavy atom. The topological polar surface area (TPSA) is 110 Å². The number of non-ortho nitro benzene ring substituents is 1. The summed E-state index contributed by atoms with van der Waals surface area (Å²) in [4.78, 5) is 22.7. The zero-order valence-corrected chi connectivity index (χ0v) is 15.5. The molecule has 0 bridgehead atoms. The normalized spacial score (nSPS) is 12.3. The summed E-state index contributed by atoms with van der Waals surface area (Å²) in [7, 11) is -3.77. The Kier molecular flexibility index (Phi) is 5.83. The fourth-order valence-corrected chi connectivity index (χ4v) is 3.64. The molecule has 0 aliphatic rings. The van der Waals surface area contributed by atoms with E-state index in [1.54, 1.807) is 0 Å². The van der Waals surface area contributed by atoms with Crippen LogP contribution in [0.1, 0.15) is 6.92 Å². The second-order valence-corrected chi connectivity index (χ2v) is 7.80. The fourth-order valence-electron chi connectivity index (χ4n) is 2.34. The lowest BCUT2D eigenvalue weighted by atomic mass is 10.2. The lowest BCUT2D eigenvalue weighted by Gasteiger charge is -2.28. The van der Waals surface area contributed by atoms with Gasteiger partial charge in [-0.05, 0) is 37.3 Å². The van der Waals surface area contributed by atoms with Crippen molar-refractivity contribution in [1.29, 1.82) is 0 Å². The molecule has 2 aromatic carbocycles. The largest absolute Gasteiger partial charge is 0.324 e. The van der Waals surface area contributed by atoms with E-state index in [1.165, 1.54) is 55.5 Å². The monoisotopic (exact) mass is 397 g/mol. The molecule has 0 radical (unpaired) electrons. The number of nitrogens with one attached hydrogen (secondary N) is 1. The number of sulfonamides is 1. The van der Waals surface area contributed by atoms with Crippen molar-refractivity contribution in [3.05, 3.63) is 63.7 Å². The molecule has 10 heteroatoms. The first-order chi connectivity index (χ1) is 12.1. The fraction of sp³-hybridized carbons (Fsp3) is 0.188. The predicted octanol–water partition coefficient (Wildman–Crippen LogP) is 3.04. The summed E-state index contributed by atoms with van der Waals surface area (Å²) in [6, 6.07) is 10.3. The van der Waals surface area contributed by atoms with Crippen LogP contribution in [0.25, 0.3) is 0 Å². The minimum Gasteiger partial charge on any atom is -0.324 e. The third kappa shape index (κ3) is 4.70. The third-order valence-electron chi connectivity index (χ3n) is 3.49. The number of hydrogen-bond acceptors (Lipinski definition) is 5. The zero-order chi connectivity index (χ0) is 19.5. The van der Waals surface area contributed by atoms with Gasteiger partial charge >= 0.3 is 0 Å². The van der Waals surface area contributed by atoms with Crippen molar-refractivity contribution >= 4 is 44.6 Å². The van der Waals surface area contributed by atoms with E-state index in [1.807, 2.05) is 0 Å². The van der Waals surface area contributed by atoms with Crippen LogP contribution in [-0.4, -0.2) is 31.5 Å². The van der Waals surface area contributed by atoms with Crippen molar-refractivity contribution in [2.24, 2.45) is 0 Å². The van der Waals surface area contributed by atoms with Crippen LogP contribution >= 0.6 is 11.6 Å². The van der Waals surface area contributed by atoms with Crippen molar-refractivity contribution in [2.45, 2.75) is 13.0 Å². The molecule has 8 nitrogen and oxygen atoms in total. The number of carbonyl (C=O) groups excluding carboxylic acids is 1. The summed E-state index contributed by atoms with van der Waals surface area (Å²) in [5.41, 5.74) is 0.285. The van der Waals surface area contributed by atoms with Gasteiger partial charge in [-0.3, -0.25) is 19.2 Å². The molecule has 0 aromatic heterocycles. The Labute approximate surface area is 155 Å². The van der Waals surface area contributed by atoms with Crippen molar-refractivity contribution in [2.75, 3.05) is 15.9 Å². The standard InChI is InChI=1S/C16H16ClN3O5S/c1-11(16(21)18-13-4-3-5-15(10-13)20(22)23)19(26(2,24)25)14-8-6-12(17)7-9-14/h3-11H,1-2H3,(H,18,21)/t11-/m1/s1. The van der Waals surface area contributed by atoms with E-state index in [0.717, 1.165) is 10.6 Å². The number of rotatable bonds is 6. The summed E-state index contributed by atoms with van der Waals surface area (Å²) < 4.78 is 25.3. The Morgan fingerprint density at radius 3 is 2.38 bits per heavy atom. The number of nitro benzene ring substituents is 1. The quantitative estimate of drug-likeness (QED) is 0.595. The number of benzene rings is 2. The van der Waals surface area contributed by atoms with Crippen molar-refractivity contribution in [3.8, 4) is 0 Å². The van der Waals surface area contributed by atoms with Crippen molar-refractivity contribution < 1.29 is 18.1 Å². The Morgan fingerprint density at radius 1 is 1.23 bits per heavy atom. The van der Waals surface area contributed by atoms with E-state index >= 15 is 0 Å². The summed E-state index contributed by atoms with van der Waals surface area (Å²) >= 11 is 5.82. The maximum absolute atomic E-state index is 12.5. The van der Waals surface area contributed by atoms with Gasteiger partial charge in [-0.1, -0.05) is 17.7 Å². The molecule has 0 aliphatic carbocycles. The third-order valence-corrected chi connectivity index (χ3v) is 4.99. The van der Waals surface area contributed by atoms with Crippen LogP contribution in [0.2, 0.25) is 5.02 Å². The first-order valence-electron chi connectivity index (χ1n) is 7.40. The molecule has 1 atom stereocenters. The Balaban J connectivity index is 2.29. The number of anilines is 2. The summed E-state index contributed by atoms with van der Waals surface area (Å²) in [5.74, 6) is -0.633. The van der Waals surface area contributed by atoms with Gasteiger partial charge < -0.3 is 5.32 Å². The summed E-state index contributed by atoms with van der Waals surface area (Å²) in [5, 5.41) is 13.7. The van der Waals surface area contributed by atoms with E-state index < -0.39 is 26.9 Å². The number of nitrogens with zero attached hydrogens (tertiary/aromatic N) is 2. The molecule has 2 aromatic rings. The molecule has 0 saturated heterocycles. The molecule has 0 aliphatic heterocycles. The smallest absolute Gasteiger partial charge is 0.271 e. The van der Waals surface area contributed by atoms with Crippen LogP contribution in [-0.2, 0) is 14.8 Å². The molecule has 0 heterocycles. The molecule has 1 amide bonds. The molecular weight excluding hydrogens is 382 g/mol. The van der Waals surface area contributed by atoms with Gasteiger partial charge in [0, 0.05) is 22.8 Å². The van der Waals surface area contributed by atoms with Gasteiger partial charge in [0.05, 0.1) is 16.9 Å². The molecule has 0 unspecified atom stereocenters. The lowest BCUT2D eigenvalue weighted by molar-refractivity contribution is -0.384. The molecule has 0 fully saturated rings. The number of carbonyl (C=O) groups is 1. The molecule has 2 rings (SSSR count). The number of halogens is 1. The molecule has 0 saturated carbocycles. The minimum absolute atomic E-state index is 0.187. The number of nitro groups is 1. The first-order valence-corrected chi connectivity index (χ1v) is 9.62. The van der Waals surface area contributed by atoms with Gasteiger partial charge in [-0.25, -0.2) is 8.42 Å². The average molecular weight is 398 g/mol. The van der Waals surface area contributed by atoms with E-state index in [2.05, 4.69) is 5.32 Å². The van der Waals surface area contributed by atoms with E-state index in [9.17, 15) is 23.3 Å². The van der Waals surface area contributed by atoms with Crippen LogP contribution in [0.15, 0.2) is 48.5 Å². The maximum atomic E-state index is 12.5. The molecule has 0 spiro atoms. The van der Waals surface area contributed by atoms with E-state index in [4.69, 9.17) is 11.6 Å². The van der Waals surface area contributed by atoms with Crippen LogP contribution in [0, 0.1) is 10.1 Å². The number of hydrogen-bond donors (Lipinski definition) is 1. The van der Waals surface area contributed by atoms with Gasteiger partial charge in [0.15, 0.2) is 0 Å². The van der Waals surface area contributed by atoms with Crippen LogP contribution in [0.4, 0.5) is 17.1 Å². The van der Waals surface area contributed by atoms with Crippen LogP contribution in [0.3, 0.4) is 0 Å². The maximum Gasteiger partial charge on any atom is 0.271 e. The van der Waals surface area contributed by atoms with Crippen LogP contribution in [0.5, 0.6) is 0 Å². The van der Waals surface area contributed by atoms with Gasteiger partial charge in [0.25, 0.3) is 5.69 Å². The van der Waals surface area contributed by atoms with Gasteiger partial charge in [-0.15, -0.1) is 0 Å². The Hall–Kier alpha value is -2.65. The molecule has 1 N–H and O–H groups in total. The highest BCUT2D eigenvalue weighted by Gasteiger charge is 2.29. The zero-order valence-electron chi connectivity index (χ0n) is 13.9. The summed E-state index contributed by atoms with van der Waals surface area (Å²) in [6.07, 6.45) is 0.985. The highest BCUT2D eigenvalue weighted by atomic mass is 35.5. The second kappa shape index (κ2) is 7.71. The van der Waals surface area contributed by atoms with Crippen molar-refractivity contribution in [1.82, 2.24) is 0 Å². The first kappa shape index (κ1) is 19.7. The van der Waals surface area contributed by atoms with E-state index in [0.29, 0.717) is 5.02 Å². The molecule has 138 valence electrons. The lowest BCUT2D eigenvalue weighted by Crippen LogP contribution is -2.45. The number of amides is 1. The molecular formula is C16H16ClN3O5S. The van der Waals surface area contributed by atoms with Gasteiger partial charge in [0.1, 0.15) is 6.04 Å². The van der Waals surface area contributed by atoms with Crippen molar-refractivity contribution in [3.63, 3.8) is 0 Å². The second-order valence-electron chi connectivity index (χ2n) is 5.51. The van der Waals surface area contributed by atoms with Crippen LogP contribution < -0.4 is 9.62 Å². The Bertz CT molecular complexity index is 931. The minimum atomic E-state index is -3.77. The summed E-state index contributed by atoms with van der Waals surface area (Å²) in [6.45, 7) is 1.42. The van der Waals surface area contributed by atoms with E-state index in [-0.39, 0.29) is 17.1 Å². The highest BCUT2D eigenvalue weighted by molar-refractivity contribution is 7.92.